The smallest absolute Gasteiger partial charge is 0.294 e. The summed E-state index contributed by atoms with van der Waals surface area (Å²) in [4.78, 5) is 12.3. The normalized spacial score (nSPS) is 10.8. The van der Waals surface area contributed by atoms with Gasteiger partial charge in [-0.05, 0) is 69.4 Å². The fraction of sp³-hybridized carbons (Fsp3) is 0.296. The number of carbonyl (C=O) groups is 1. The maximum Gasteiger partial charge on any atom is 0.548 e. The van der Waals surface area contributed by atoms with Crippen LogP contribution in [0.3, 0.4) is 0 Å². The molecule has 162 valence electrons. The Balaban J connectivity index is 0.000000316. The molecule has 0 aliphatic rings. The van der Waals surface area contributed by atoms with Crippen LogP contribution in [0.25, 0.3) is 0 Å². The summed E-state index contributed by atoms with van der Waals surface area (Å²) in [6, 6.07) is 19.6. The summed E-state index contributed by atoms with van der Waals surface area (Å²) in [7, 11) is -1.90. The van der Waals surface area contributed by atoms with E-state index < -0.39 is 8.03 Å². The maximum absolute atomic E-state index is 12.3. The number of rotatable bonds is 6. The van der Waals surface area contributed by atoms with Crippen molar-refractivity contribution in [2.75, 3.05) is 6.61 Å². The van der Waals surface area contributed by atoms with Gasteiger partial charge in [-0.1, -0.05) is 70.8 Å². The second kappa shape index (κ2) is 11.7. The summed E-state index contributed by atoms with van der Waals surface area (Å²) in [5, 5.41) is 0.646. The van der Waals surface area contributed by atoms with E-state index in [0.717, 1.165) is 22.3 Å². The molecule has 4 heteroatoms. The number of Topliss-reactive ketones (excluding diaryl/α,β-unsaturated/α-hetero) is 1. The van der Waals surface area contributed by atoms with E-state index in [0.29, 0.717) is 5.30 Å². The van der Waals surface area contributed by atoms with E-state index in [4.69, 9.17) is 4.52 Å². The lowest BCUT2D eigenvalue weighted by molar-refractivity contribution is 0.0963. The van der Waals surface area contributed by atoms with Crippen molar-refractivity contribution in [1.29, 1.82) is 0 Å². The highest BCUT2D eigenvalue weighted by atomic mass is 31.1. The molecule has 0 amide bonds. The van der Waals surface area contributed by atoms with Crippen LogP contribution in [0, 0.1) is 41.5 Å². The first-order valence-electron chi connectivity index (χ1n) is 10.5. The highest BCUT2D eigenvalue weighted by Crippen LogP contribution is 2.23. The van der Waals surface area contributed by atoms with Crippen LogP contribution in [0.1, 0.15) is 50.2 Å². The van der Waals surface area contributed by atoms with Gasteiger partial charge in [-0.25, -0.2) is 0 Å². The van der Waals surface area contributed by atoms with Crippen LogP contribution in [-0.2, 0) is 9.09 Å². The van der Waals surface area contributed by atoms with E-state index in [-0.39, 0.29) is 18.8 Å². The lowest BCUT2D eigenvalue weighted by Gasteiger charge is -2.09. The zero-order valence-electron chi connectivity index (χ0n) is 19.4. The summed E-state index contributed by atoms with van der Waals surface area (Å²) < 4.78 is 17.3. The Bertz CT molecular complexity index is 982. The minimum Gasteiger partial charge on any atom is -0.294 e. The van der Waals surface area contributed by atoms with Crippen LogP contribution in [0.2, 0.25) is 0 Å². The average molecular weight is 436 g/mol. The molecule has 31 heavy (non-hydrogen) atoms. The van der Waals surface area contributed by atoms with Gasteiger partial charge < -0.3 is 0 Å². The number of hydrogen-bond donors (Lipinski definition) is 0. The van der Waals surface area contributed by atoms with Crippen molar-refractivity contribution in [1.82, 2.24) is 0 Å². The highest BCUT2D eigenvalue weighted by Gasteiger charge is 2.22. The van der Waals surface area contributed by atoms with Gasteiger partial charge in [-0.3, -0.25) is 4.79 Å². The zero-order valence-corrected chi connectivity index (χ0v) is 20.3. The first-order chi connectivity index (χ1) is 14.7. The predicted molar refractivity (Wildman–Crippen MR) is 130 cm³/mol. The molecular formula is C27H32O3P+. The number of aryl methyl sites for hydroxylation is 6. The van der Waals surface area contributed by atoms with Crippen LogP contribution >= 0.6 is 8.03 Å². The van der Waals surface area contributed by atoms with Gasteiger partial charge in [-0.2, -0.15) is 0 Å². The van der Waals surface area contributed by atoms with Crippen LogP contribution in [0.5, 0.6) is 0 Å². The lowest BCUT2D eigenvalue weighted by Crippen LogP contribution is -2.08. The van der Waals surface area contributed by atoms with Crippen LogP contribution < -0.4 is 5.30 Å². The maximum atomic E-state index is 12.3. The van der Waals surface area contributed by atoms with Gasteiger partial charge in [0.1, 0.15) is 6.61 Å². The molecule has 0 N–H and O–H groups in total. The molecule has 0 spiro atoms. The minimum atomic E-state index is -1.90. The average Bonchev–Trinajstić information content (AvgIpc) is 2.67. The molecule has 0 saturated carbocycles. The predicted octanol–water partition coefficient (Wildman–Crippen LogP) is 6.88. The standard InChI is InChI=1S/C18H20O3P.C9H12/c1-13-11-14(2)18(15(3)12-13)17(19)9-10-21-22(20)16-7-5-4-6-8-16;1-7-4-8(2)6-9(3)5-7/h4-8,11-12H,9-10H2,1-3H3;4-6H,1-3H3/q+1;. The second-order valence-corrected chi connectivity index (χ2v) is 9.33. The first kappa shape index (κ1) is 24.7. The Kier molecular flexibility index (Phi) is 9.30. The summed E-state index contributed by atoms with van der Waals surface area (Å²) in [6.45, 7) is 12.4. The molecule has 0 bridgehead atoms. The third kappa shape index (κ3) is 7.86. The van der Waals surface area contributed by atoms with Gasteiger partial charge in [-0.15, -0.1) is 4.52 Å². The summed E-state index contributed by atoms with van der Waals surface area (Å²) in [6.07, 6.45) is 0.235. The van der Waals surface area contributed by atoms with Gasteiger partial charge in [0, 0.05) is 12.0 Å². The molecule has 1 unspecified atom stereocenters. The van der Waals surface area contributed by atoms with E-state index in [1.54, 1.807) is 12.1 Å². The Morgan fingerprint density at radius 3 is 1.68 bits per heavy atom. The Morgan fingerprint density at radius 2 is 1.19 bits per heavy atom. The first-order valence-corrected chi connectivity index (χ1v) is 11.7. The Labute approximate surface area is 187 Å². The lowest BCUT2D eigenvalue weighted by atomic mass is 9.95. The van der Waals surface area contributed by atoms with Crippen LogP contribution in [0.4, 0.5) is 0 Å². The number of benzene rings is 3. The summed E-state index contributed by atoms with van der Waals surface area (Å²) >= 11 is 0. The van der Waals surface area contributed by atoms with Gasteiger partial charge in [0.25, 0.3) is 0 Å². The van der Waals surface area contributed by atoms with Crippen molar-refractivity contribution < 1.29 is 13.9 Å². The van der Waals surface area contributed by atoms with E-state index in [1.165, 1.54) is 16.7 Å². The molecule has 3 aromatic rings. The van der Waals surface area contributed by atoms with Gasteiger partial charge >= 0.3 is 8.03 Å². The van der Waals surface area contributed by atoms with Gasteiger partial charge in [0.15, 0.2) is 5.78 Å². The zero-order chi connectivity index (χ0) is 23.0. The van der Waals surface area contributed by atoms with E-state index in [2.05, 4.69) is 39.0 Å². The van der Waals surface area contributed by atoms with Crippen molar-refractivity contribution in [3.63, 3.8) is 0 Å². The molecule has 0 saturated heterocycles. The van der Waals surface area contributed by atoms with E-state index in [9.17, 15) is 9.36 Å². The molecule has 0 fully saturated rings. The van der Waals surface area contributed by atoms with Crippen LogP contribution in [0.15, 0.2) is 60.7 Å². The molecule has 3 nitrogen and oxygen atoms in total. The third-order valence-electron chi connectivity index (χ3n) is 4.83. The Morgan fingerprint density at radius 1 is 0.742 bits per heavy atom. The van der Waals surface area contributed by atoms with Crippen molar-refractivity contribution in [3.8, 4) is 0 Å². The molecule has 0 aromatic heterocycles. The number of ketones is 1. The van der Waals surface area contributed by atoms with E-state index >= 15 is 0 Å². The second-order valence-electron chi connectivity index (χ2n) is 8.04. The topological polar surface area (TPSA) is 43.4 Å². The molecule has 0 aliphatic heterocycles. The molecule has 3 rings (SSSR count). The SMILES string of the molecule is Cc1cc(C)c(C(=O)CCO[P+](=O)c2ccccc2)c(C)c1.Cc1cc(C)cc(C)c1. The summed E-state index contributed by atoms with van der Waals surface area (Å²) in [5.41, 5.74) is 7.93. The van der Waals surface area contributed by atoms with Crippen LogP contribution in [-0.4, -0.2) is 12.4 Å². The number of carbonyl (C=O) groups excluding carboxylic acids is 1. The van der Waals surface area contributed by atoms with Crippen molar-refractivity contribution in [2.45, 2.75) is 48.0 Å². The third-order valence-corrected chi connectivity index (χ3v) is 5.96. The molecular weight excluding hydrogens is 403 g/mol. The van der Waals surface area contributed by atoms with Gasteiger partial charge in [0.2, 0.25) is 5.30 Å². The summed E-state index contributed by atoms with van der Waals surface area (Å²) in [5.74, 6) is 0.0338. The van der Waals surface area contributed by atoms with Crippen molar-refractivity contribution in [3.05, 3.63) is 99.6 Å². The molecule has 1 atom stereocenters. The fourth-order valence-electron chi connectivity index (χ4n) is 3.79. The van der Waals surface area contributed by atoms with Gasteiger partial charge in [0.05, 0.1) is 0 Å². The van der Waals surface area contributed by atoms with E-state index in [1.807, 2.05) is 51.1 Å². The monoisotopic (exact) mass is 435 g/mol. The largest absolute Gasteiger partial charge is 0.548 e. The molecule has 0 aliphatic carbocycles. The quantitative estimate of drug-likeness (QED) is 0.313. The molecule has 3 aromatic carbocycles. The highest BCUT2D eigenvalue weighted by molar-refractivity contribution is 7.48. The Hall–Kier alpha value is -2.61. The van der Waals surface area contributed by atoms with Crippen molar-refractivity contribution in [2.24, 2.45) is 0 Å². The molecule has 0 radical (unpaired) electrons. The molecule has 0 heterocycles. The number of hydrogen-bond acceptors (Lipinski definition) is 3. The fourth-order valence-corrected chi connectivity index (χ4v) is 4.61. The van der Waals surface area contributed by atoms with Crippen molar-refractivity contribution >= 4 is 19.1 Å². The minimum absolute atomic E-state index is 0.0338.